The first-order chi connectivity index (χ1) is 9.15. The number of nitrogens with one attached hydrogen (secondary N) is 1. The zero-order valence-corrected chi connectivity index (χ0v) is 11.1. The lowest BCUT2D eigenvalue weighted by Crippen LogP contribution is -2.27. The van der Waals surface area contributed by atoms with E-state index in [4.69, 9.17) is 0 Å². The van der Waals surface area contributed by atoms with E-state index in [2.05, 4.69) is 29.2 Å². The van der Waals surface area contributed by atoms with Gasteiger partial charge in [0.15, 0.2) is 5.82 Å². The first kappa shape index (κ1) is 12.1. The highest BCUT2D eigenvalue weighted by molar-refractivity contribution is 5.56. The highest BCUT2D eigenvalue weighted by Crippen LogP contribution is 2.30. The number of halogens is 1. The van der Waals surface area contributed by atoms with Crippen LogP contribution in [0.4, 0.5) is 10.3 Å². The second kappa shape index (κ2) is 4.64. The maximum Gasteiger partial charge on any atom is 0.221 e. The van der Waals surface area contributed by atoms with E-state index < -0.39 is 0 Å². The summed E-state index contributed by atoms with van der Waals surface area (Å²) in [5.74, 6) is 1.73. The number of rotatable bonds is 2. The van der Waals surface area contributed by atoms with Crippen molar-refractivity contribution in [2.24, 2.45) is 5.92 Å². The lowest BCUT2D eigenvalue weighted by atomic mass is 10.0. The molecule has 1 atom stereocenters. The van der Waals surface area contributed by atoms with Gasteiger partial charge in [0.25, 0.3) is 0 Å². The summed E-state index contributed by atoms with van der Waals surface area (Å²) in [4.78, 5) is 4.50. The van der Waals surface area contributed by atoms with Crippen molar-refractivity contribution >= 4 is 5.95 Å². The van der Waals surface area contributed by atoms with Crippen LogP contribution in [-0.4, -0.2) is 21.3 Å². The van der Waals surface area contributed by atoms with Crippen LogP contribution in [0.5, 0.6) is 0 Å². The Morgan fingerprint density at radius 1 is 1.32 bits per heavy atom. The lowest BCUT2D eigenvalue weighted by Gasteiger charge is -2.27. The highest BCUT2D eigenvalue weighted by Gasteiger charge is 2.25. The normalized spacial score (nSPS) is 18.2. The first-order valence-electron chi connectivity index (χ1n) is 6.61. The van der Waals surface area contributed by atoms with Gasteiger partial charge in [-0.05, 0) is 36.6 Å². The van der Waals surface area contributed by atoms with E-state index >= 15 is 0 Å². The number of nitrogens with zero attached hydrogens (tertiary/aromatic N) is 3. The molecule has 1 unspecified atom stereocenters. The Morgan fingerprint density at radius 2 is 2.05 bits per heavy atom. The second-order valence-electron chi connectivity index (χ2n) is 5.24. The fourth-order valence-electron chi connectivity index (χ4n) is 2.47. The molecule has 1 aromatic heterocycles. The molecule has 1 aliphatic heterocycles. The molecule has 100 valence electrons. The maximum atomic E-state index is 12.9. The van der Waals surface area contributed by atoms with Gasteiger partial charge in [-0.3, -0.25) is 0 Å². The summed E-state index contributed by atoms with van der Waals surface area (Å²) in [5, 5.41) is 7.84. The summed E-state index contributed by atoms with van der Waals surface area (Å²) in [6, 6.07) is 6.66. The summed E-state index contributed by atoms with van der Waals surface area (Å²) in [5.41, 5.74) is 0.840. The number of hydrogen-bond acceptors (Lipinski definition) is 3. The van der Waals surface area contributed by atoms with Crippen molar-refractivity contribution in [2.75, 3.05) is 11.9 Å². The van der Waals surface area contributed by atoms with Crippen LogP contribution in [0.3, 0.4) is 0 Å². The van der Waals surface area contributed by atoms with Gasteiger partial charge in [0.05, 0.1) is 6.04 Å². The van der Waals surface area contributed by atoms with Crippen molar-refractivity contribution in [1.82, 2.24) is 14.8 Å². The Morgan fingerprint density at radius 3 is 2.74 bits per heavy atom. The Balaban J connectivity index is 1.99. The minimum atomic E-state index is -0.245. The Labute approximate surface area is 111 Å². The van der Waals surface area contributed by atoms with Crippen molar-refractivity contribution in [1.29, 1.82) is 0 Å². The first-order valence-corrected chi connectivity index (χ1v) is 6.61. The van der Waals surface area contributed by atoms with Crippen molar-refractivity contribution in [2.45, 2.75) is 26.3 Å². The molecule has 2 heterocycles. The van der Waals surface area contributed by atoms with Crippen LogP contribution in [0.1, 0.15) is 26.3 Å². The number of hydrogen-bond donors (Lipinski definition) is 1. The van der Waals surface area contributed by atoms with E-state index in [0.717, 1.165) is 24.5 Å². The van der Waals surface area contributed by atoms with Crippen LogP contribution in [0.25, 0.3) is 11.4 Å². The van der Waals surface area contributed by atoms with Crippen molar-refractivity contribution < 1.29 is 4.39 Å². The second-order valence-corrected chi connectivity index (χ2v) is 5.24. The molecular weight excluding hydrogens is 243 g/mol. The zero-order chi connectivity index (χ0) is 13.4. The molecule has 1 aliphatic rings. The molecular formula is C14H17FN4. The van der Waals surface area contributed by atoms with Gasteiger partial charge in [0, 0.05) is 12.1 Å². The fraction of sp³-hybridized carbons (Fsp3) is 0.429. The predicted octanol–water partition coefficient (Wildman–Crippen LogP) is 3.10. The Hall–Kier alpha value is -1.91. The predicted molar refractivity (Wildman–Crippen MR) is 72.4 cm³/mol. The van der Waals surface area contributed by atoms with E-state index in [1.165, 1.54) is 12.1 Å². The van der Waals surface area contributed by atoms with Gasteiger partial charge in [-0.2, -0.15) is 4.98 Å². The summed E-state index contributed by atoms with van der Waals surface area (Å²) < 4.78 is 14.9. The lowest BCUT2D eigenvalue weighted by molar-refractivity contribution is 0.322. The summed E-state index contributed by atoms with van der Waals surface area (Å²) in [7, 11) is 0. The third kappa shape index (κ3) is 2.20. The molecule has 1 aromatic carbocycles. The average Bonchev–Trinajstić information content (AvgIpc) is 2.82. The smallest absolute Gasteiger partial charge is 0.221 e. The highest BCUT2D eigenvalue weighted by atomic mass is 19.1. The molecule has 0 radical (unpaired) electrons. The van der Waals surface area contributed by atoms with Crippen LogP contribution in [0.2, 0.25) is 0 Å². The Kier molecular flexibility index (Phi) is 2.97. The van der Waals surface area contributed by atoms with Gasteiger partial charge in [0.2, 0.25) is 5.95 Å². The topological polar surface area (TPSA) is 42.7 Å². The van der Waals surface area contributed by atoms with E-state index in [1.807, 2.05) is 4.68 Å². The summed E-state index contributed by atoms with van der Waals surface area (Å²) in [6.45, 7) is 5.31. The van der Waals surface area contributed by atoms with E-state index in [1.54, 1.807) is 12.1 Å². The van der Waals surface area contributed by atoms with Gasteiger partial charge >= 0.3 is 0 Å². The molecule has 5 heteroatoms. The molecule has 19 heavy (non-hydrogen) atoms. The van der Waals surface area contributed by atoms with Gasteiger partial charge in [-0.25, -0.2) is 9.07 Å². The standard InChI is InChI=1S/C14H17FN4/c1-9(2)12-7-8-16-14-17-13(18-19(12)14)10-3-5-11(15)6-4-10/h3-6,9,12H,7-8H2,1-2H3,(H,16,17,18). The molecule has 0 spiro atoms. The summed E-state index contributed by atoms with van der Waals surface area (Å²) in [6.07, 6.45) is 1.05. The molecule has 2 aromatic rings. The fourth-order valence-corrected chi connectivity index (χ4v) is 2.47. The number of fused-ring (bicyclic) bond motifs is 1. The quantitative estimate of drug-likeness (QED) is 0.902. The number of anilines is 1. The molecule has 0 aliphatic carbocycles. The third-order valence-corrected chi connectivity index (χ3v) is 3.54. The van der Waals surface area contributed by atoms with Crippen LogP contribution in [0, 0.1) is 11.7 Å². The molecule has 0 saturated carbocycles. The molecule has 0 amide bonds. The number of aromatic nitrogens is 3. The van der Waals surface area contributed by atoms with Crippen LogP contribution >= 0.6 is 0 Å². The Bertz CT molecular complexity index is 574. The van der Waals surface area contributed by atoms with E-state index in [9.17, 15) is 4.39 Å². The monoisotopic (exact) mass is 260 g/mol. The van der Waals surface area contributed by atoms with E-state index in [-0.39, 0.29) is 5.82 Å². The van der Waals surface area contributed by atoms with Gasteiger partial charge < -0.3 is 5.32 Å². The molecule has 0 fully saturated rings. The van der Waals surface area contributed by atoms with Gasteiger partial charge in [-0.15, -0.1) is 5.10 Å². The maximum absolute atomic E-state index is 12.9. The van der Waals surface area contributed by atoms with Crippen molar-refractivity contribution in [3.63, 3.8) is 0 Å². The number of benzene rings is 1. The molecule has 3 rings (SSSR count). The van der Waals surface area contributed by atoms with Crippen molar-refractivity contribution in [3.05, 3.63) is 30.1 Å². The van der Waals surface area contributed by atoms with Gasteiger partial charge in [0.1, 0.15) is 5.82 Å². The van der Waals surface area contributed by atoms with Crippen LogP contribution < -0.4 is 5.32 Å². The molecule has 1 N–H and O–H groups in total. The molecule has 0 bridgehead atoms. The third-order valence-electron chi connectivity index (χ3n) is 3.54. The minimum absolute atomic E-state index is 0.245. The molecule has 0 saturated heterocycles. The minimum Gasteiger partial charge on any atom is -0.354 e. The zero-order valence-electron chi connectivity index (χ0n) is 11.1. The summed E-state index contributed by atoms with van der Waals surface area (Å²) >= 11 is 0. The molecule has 4 nitrogen and oxygen atoms in total. The van der Waals surface area contributed by atoms with E-state index in [0.29, 0.717) is 17.8 Å². The van der Waals surface area contributed by atoms with Crippen LogP contribution in [0.15, 0.2) is 24.3 Å². The van der Waals surface area contributed by atoms with Crippen LogP contribution in [-0.2, 0) is 0 Å². The van der Waals surface area contributed by atoms with Crippen molar-refractivity contribution in [3.8, 4) is 11.4 Å². The SMILES string of the molecule is CC(C)C1CCNc2nc(-c3ccc(F)cc3)nn21. The average molecular weight is 260 g/mol. The largest absolute Gasteiger partial charge is 0.354 e. The van der Waals surface area contributed by atoms with Gasteiger partial charge in [-0.1, -0.05) is 13.8 Å².